The van der Waals surface area contributed by atoms with Gasteiger partial charge in [0.2, 0.25) is 5.62 Å². The number of aliphatic hydroxyl groups excluding tert-OH is 1. The lowest BCUT2D eigenvalue weighted by atomic mass is 10.9. The van der Waals surface area contributed by atoms with E-state index < -0.39 is 11.2 Å². The summed E-state index contributed by atoms with van der Waals surface area (Å²) >= 11 is 6.56. The Morgan fingerprint density at radius 1 is 1.75 bits per heavy atom. The van der Waals surface area contributed by atoms with Crippen molar-refractivity contribution >= 4 is 23.4 Å². The van der Waals surface area contributed by atoms with Crippen LogP contribution in [-0.2, 0) is 4.74 Å². The zero-order valence-corrected chi connectivity index (χ0v) is 6.37. The summed E-state index contributed by atoms with van der Waals surface area (Å²) in [6.07, 6.45) is 1.74. The summed E-state index contributed by atoms with van der Waals surface area (Å²) in [5.74, 6) is 0. The first-order valence-electron chi connectivity index (χ1n) is 2.17. The first kappa shape index (κ1) is 8.56. The Hall–Kier alpha value is 0.560. The molecule has 0 amide bonds. The van der Waals surface area contributed by atoms with Crippen LogP contribution in [0.3, 0.4) is 0 Å². The largest absolute Gasteiger partial charge is 0.360 e. The molecular weight excluding hydrogens is 148 g/mol. The molecule has 2 nitrogen and oxygen atoms in total. The second kappa shape index (κ2) is 4.44. The van der Waals surface area contributed by atoms with Crippen LogP contribution in [0.25, 0.3) is 0 Å². The molecule has 0 bridgehead atoms. The van der Waals surface area contributed by atoms with Crippen LogP contribution >= 0.6 is 23.4 Å². The molecule has 2 atom stereocenters. The van der Waals surface area contributed by atoms with Gasteiger partial charge in [0.1, 0.15) is 5.56 Å². The van der Waals surface area contributed by atoms with E-state index in [1.54, 1.807) is 13.2 Å². The third-order valence-electron chi connectivity index (χ3n) is 0.506. The van der Waals surface area contributed by atoms with E-state index in [1.165, 1.54) is 11.8 Å². The quantitative estimate of drug-likeness (QED) is 0.492. The normalized spacial score (nSPS) is 18.0. The number of aliphatic hydroxyl groups is 1. The summed E-state index contributed by atoms with van der Waals surface area (Å²) in [7, 11) is 0. The van der Waals surface area contributed by atoms with Gasteiger partial charge >= 0.3 is 0 Å². The Balaban J connectivity index is 3.10. The van der Waals surface area contributed by atoms with Crippen LogP contribution in [-0.4, -0.2) is 22.5 Å². The fourth-order valence-corrected chi connectivity index (χ4v) is 0.652. The zero-order valence-electron chi connectivity index (χ0n) is 4.80. The Labute approximate surface area is 58.2 Å². The smallest absolute Gasteiger partial charge is 0.205 e. The summed E-state index contributed by atoms with van der Waals surface area (Å²) in [5.41, 5.74) is -1.21. The van der Waals surface area contributed by atoms with E-state index >= 15 is 0 Å². The van der Waals surface area contributed by atoms with E-state index in [-0.39, 0.29) is 0 Å². The van der Waals surface area contributed by atoms with Crippen LogP contribution in [0.15, 0.2) is 0 Å². The van der Waals surface area contributed by atoms with Crippen LogP contribution in [0.4, 0.5) is 0 Å². The number of thioether (sulfide) groups is 1. The molecule has 0 saturated heterocycles. The van der Waals surface area contributed by atoms with Gasteiger partial charge in [-0.05, 0) is 13.2 Å². The minimum Gasteiger partial charge on any atom is -0.360 e. The Kier molecular flexibility index (Phi) is 4.75. The van der Waals surface area contributed by atoms with Gasteiger partial charge in [-0.25, -0.2) is 0 Å². The second-order valence-electron chi connectivity index (χ2n) is 1.22. The molecule has 0 aromatic carbocycles. The molecule has 50 valence electrons. The molecule has 0 aliphatic heterocycles. The maximum Gasteiger partial charge on any atom is 0.205 e. The first-order chi connectivity index (χ1) is 3.66. The Morgan fingerprint density at radius 3 is 2.38 bits per heavy atom. The van der Waals surface area contributed by atoms with E-state index in [4.69, 9.17) is 16.7 Å². The predicted octanol–water partition coefficient (Wildman–Crippen LogP) is 1.23. The highest BCUT2D eigenvalue weighted by Crippen LogP contribution is 2.08. The van der Waals surface area contributed by atoms with Crippen molar-refractivity contribution in [2.24, 2.45) is 0 Å². The lowest BCUT2D eigenvalue weighted by molar-refractivity contribution is -0.0414. The van der Waals surface area contributed by atoms with Crippen LogP contribution < -0.4 is 0 Å². The van der Waals surface area contributed by atoms with Gasteiger partial charge in [0.05, 0.1) is 0 Å². The van der Waals surface area contributed by atoms with Crippen molar-refractivity contribution in [1.29, 1.82) is 0 Å². The Morgan fingerprint density at radius 2 is 2.25 bits per heavy atom. The van der Waals surface area contributed by atoms with Gasteiger partial charge in [0, 0.05) is 0 Å². The van der Waals surface area contributed by atoms with Gasteiger partial charge in [0.15, 0.2) is 0 Å². The molecule has 0 aromatic heterocycles. The highest BCUT2D eigenvalue weighted by molar-refractivity contribution is 7.98. The average Bonchev–Trinajstić information content (AvgIpc) is 1.65. The first-order valence-corrected chi connectivity index (χ1v) is 3.89. The molecule has 0 aliphatic carbocycles. The number of ether oxygens (including phenoxy) is 1. The van der Waals surface area contributed by atoms with E-state index in [2.05, 4.69) is 4.74 Å². The minimum absolute atomic E-state index is 0.419. The van der Waals surface area contributed by atoms with Crippen LogP contribution in [0.2, 0.25) is 0 Å². The standard InChI is InChI=1S/C4H9ClO2S/c1-3(5)7-4(6)8-2/h3-4,6H,1-2H3. The fraction of sp³-hybridized carbons (Fsp3) is 1.00. The monoisotopic (exact) mass is 156 g/mol. The lowest BCUT2D eigenvalue weighted by Gasteiger charge is -2.09. The number of rotatable bonds is 3. The molecule has 0 spiro atoms. The SMILES string of the molecule is CSC(O)OC(C)Cl. The topological polar surface area (TPSA) is 29.5 Å². The summed E-state index contributed by atoms with van der Waals surface area (Å²) < 4.78 is 4.68. The third kappa shape index (κ3) is 4.71. The molecule has 2 unspecified atom stereocenters. The summed E-state index contributed by atoms with van der Waals surface area (Å²) in [6.45, 7) is 1.65. The molecule has 0 rings (SSSR count). The van der Waals surface area contributed by atoms with Crippen molar-refractivity contribution in [1.82, 2.24) is 0 Å². The molecule has 0 radical (unpaired) electrons. The predicted molar refractivity (Wildman–Crippen MR) is 35.9 cm³/mol. The van der Waals surface area contributed by atoms with Crippen LogP contribution in [0, 0.1) is 0 Å². The third-order valence-corrected chi connectivity index (χ3v) is 1.12. The number of hydrogen-bond donors (Lipinski definition) is 1. The minimum atomic E-state index is -0.789. The summed E-state index contributed by atoms with van der Waals surface area (Å²) in [4.78, 5) is 0. The molecule has 1 N–H and O–H groups in total. The van der Waals surface area contributed by atoms with Gasteiger partial charge in [-0.2, -0.15) is 0 Å². The highest BCUT2D eigenvalue weighted by atomic mass is 35.5. The number of hydrogen-bond acceptors (Lipinski definition) is 3. The van der Waals surface area contributed by atoms with Gasteiger partial charge in [0.25, 0.3) is 0 Å². The van der Waals surface area contributed by atoms with E-state index in [9.17, 15) is 0 Å². The van der Waals surface area contributed by atoms with E-state index in [1.807, 2.05) is 0 Å². The lowest BCUT2D eigenvalue weighted by Crippen LogP contribution is -2.10. The van der Waals surface area contributed by atoms with Crippen molar-refractivity contribution in [2.45, 2.75) is 18.1 Å². The van der Waals surface area contributed by atoms with Gasteiger partial charge in [-0.1, -0.05) is 11.6 Å². The molecule has 8 heavy (non-hydrogen) atoms. The van der Waals surface area contributed by atoms with Crippen molar-refractivity contribution in [2.75, 3.05) is 6.26 Å². The molecule has 4 heteroatoms. The van der Waals surface area contributed by atoms with Crippen molar-refractivity contribution in [3.8, 4) is 0 Å². The van der Waals surface area contributed by atoms with Gasteiger partial charge in [-0.3, -0.25) is 0 Å². The number of alkyl halides is 1. The van der Waals surface area contributed by atoms with E-state index in [0.717, 1.165) is 0 Å². The average molecular weight is 157 g/mol. The van der Waals surface area contributed by atoms with E-state index in [0.29, 0.717) is 0 Å². The molecular formula is C4H9ClO2S. The highest BCUT2D eigenvalue weighted by Gasteiger charge is 2.03. The van der Waals surface area contributed by atoms with Crippen LogP contribution in [0.5, 0.6) is 0 Å². The Bertz CT molecular complexity index is 60.0. The van der Waals surface area contributed by atoms with Crippen molar-refractivity contribution < 1.29 is 9.84 Å². The van der Waals surface area contributed by atoms with Gasteiger partial charge in [-0.15, -0.1) is 11.8 Å². The molecule has 0 fully saturated rings. The number of halogens is 1. The molecule has 0 aromatic rings. The summed E-state index contributed by atoms with van der Waals surface area (Å²) in [6, 6.07) is 0. The zero-order chi connectivity index (χ0) is 6.57. The fourth-order valence-electron chi connectivity index (χ4n) is 0.216. The van der Waals surface area contributed by atoms with Crippen LogP contribution in [0.1, 0.15) is 6.92 Å². The second-order valence-corrected chi connectivity index (χ2v) is 2.71. The maximum atomic E-state index is 8.68. The molecule has 0 heterocycles. The van der Waals surface area contributed by atoms with Crippen molar-refractivity contribution in [3.05, 3.63) is 0 Å². The van der Waals surface area contributed by atoms with Gasteiger partial charge < -0.3 is 9.84 Å². The maximum absolute atomic E-state index is 8.68. The summed E-state index contributed by atoms with van der Waals surface area (Å²) in [5, 5.41) is 8.68. The molecule has 0 aliphatic rings. The van der Waals surface area contributed by atoms with Crippen molar-refractivity contribution in [3.63, 3.8) is 0 Å². The molecule has 0 saturated carbocycles.